The van der Waals surface area contributed by atoms with Gasteiger partial charge >= 0.3 is 6.01 Å². The van der Waals surface area contributed by atoms with Crippen LogP contribution in [-0.4, -0.2) is 35.9 Å². The molecular formula is C21H17FN4O5S. The van der Waals surface area contributed by atoms with Gasteiger partial charge in [-0.15, -0.1) is 5.10 Å². The van der Waals surface area contributed by atoms with Crippen molar-refractivity contribution in [2.45, 2.75) is 11.4 Å². The van der Waals surface area contributed by atoms with E-state index in [4.69, 9.17) is 8.83 Å². The lowest BCUT2D eigenvalue weighted by atomic mass is 10.2. The number of furan rings is 1. The molecule has 0 aliphatic rings. The highest BCUT2D eigenvalue weighted by Crippen LogP contribution is 2.21. The van der Waals surface area contributed by atoms with Crippen LogP contribution >= 0.6 is 0 Å². The van der Waals surface area contributed by atoms with Gasteiger partial charge in [-0.25, -0.2) is 12.8 Å². The Bertz CT molecular complexity index is 1320. The molecule has 0 aliphatic carbocycles. The van der Waals surface area contributed by atoms with Gasteiger partial charge in [-0.3, -0.25) is 10.1 Å². The van der Waals surface area contributed by atoms with Crippen LogP contribution in [0.2, 0.25) is 0 Å². The Kier molecular flexibility index (Phi) is 5.84. The minimum absolute atomic E-state index is 0.0273. The lowest BCUT2D eigenvalue weighted by Crippen LogP contribution is -2.26. The van der Waals surface area contributed by atoms with Gasteiger partial charge in [0.25, 0.3) is 5.91 Å². The summed E-state index contributed by atoms with van der Waals surface area (Å²) in [6.45, 7) is 0.0745. The molecule has 0 radical (unpaired) electrons. The number of sulfonamides is 1. The van der Waals surface area contributed by atoms with Crippen LogP contribution in [0.3, 0.4) is 0 Å². The molecule has 0 unspecified atom stereocenters. The van der Waals surface area contributed by atoms with Crippen molar-refractivity contribution in [1.82, 2.24) is 14.5 Å². The minimum atomic E-state index is -3.77. The van der Waals surface area contributed by atoms with Crippen LogP contribution in [0.25, 0.3) is 11.5 Å². The van der Waals surface area contributed by atoms with Crippen molar-refractivity contribution in [3.05, 3.63) is 84.1 Å². The second-order valence-electron chi connectivity index (χ2n) is 6.74. The van der Waals surface area contributed by atoms with E-state index in [9.17, 15) is 17.6 Å². The van der Waals surface area contributed by atoms with E-state index in [0.29, 0.717) is 11.3 Å². The zero-order valence-electron chi connectivity index (χ0n) is 16.7. The summed E-state index contributed by atoms with van der Waals surface area (Å²) in [5.74, 6) is -0.348. The molecule has 0 atom stereocenters. The number of carbonyl (C=O) groups excluding carboxylic acids is 1. The number of halogens is 1. The van der Waals surface area contributed by atoms with Crippen molar-refractivity contribution in [3.8, 4) is 11.5 Å². The first kappa shape index (κ1) is 21.4. The fourth-order valence-corrected chi connectivity index (χ4v) is 3.95. The van der Waals surface area contributed by atoms with E-state index in [1.165, 1.54) is 61.8 Å². The molecule has 2 aromatic heterocycles. The van der Waals surface area contributed by atoms with Crippen molar-refractivity contribution < 1.29 is 26.4 Å². The molecule has 1 N–H and O–H groups in total. The Labute approximate surface area is 182 Å². The monoisotopic (exact) mass is 456 g/mol. The molecule has 0 saturated heterocycles. The smallest absolute Gasteiger partial charge is 0.322 e. The average Bonchev–Trinajstić information content (AvgIpc) is 3.46. The molecule has 2 aromatic carbocycles. The van der Waals surface area contributed by atoms with Crippen LogP contribution in [0.4, 0.5) is 10.4 Å². The van der Waals surface area contributed by atoms with Crippen molar-refractivity contribution in [1.29, 1.82) is 0 Å². The summed E-state index contributed by atoms with van der Waals surface area (Å²) in [4.78, 5) is 12.5. The van der Waals surface area contributed by atoms with Gasteiger partial charge in [-0.1, -0.05) is 5.10 Å². The number of carbonyl (C=O) groups is 1. The van der Waals surface area contributed by atoms with Gasteiger partial charge in [0.05, 0.1) is 17.7 Å². The van der Waals surface area contributed by atoms with E-state index >= 15 is 0 Å². The third-order valence-electron chi connectivity index (χ3n) is 4.52. The summed E-state index contributed by atoms with van der Waals surface area (Å²) in [5, 5.41) is 10.00. The Balaban J connectivity index is 1.43. The summed E-state index contributed by atoms with van der Waals surface area (Å²) in [5.41, 5.74) is 0.687. The maximum Gasteiger partial charge on any atom is 0.322 e. The number of nitrogens with zero attached hydrogens (tertiary/aromatic N) is 3. The highest BCUT2D eigenvalue weighted by atomic mass is 32.2. The van der Waals surface area contributed by atoms with Crippen molar-refractivity contribution >= 4 is 21.9 Å². The van der Waals surface area contributed by atoms with E-state index in [1.54, 1.807) is 12.1 Å². The second-order valence-corrected chi connectivity index (χ2v) is 8.78. The molecule has 2 heterocycles. The van der Waals surface area contributed by atoms with Crippen LogP contribution in [0.5, 0.6) is 0 Å². The van der Waals surface area contributed by atoms with Crippen LogP contribution in [0, 0.1) is 5.82 Å². The molecule has 4 rings (SSSR count). The average molecular weight is 456 g/mol. The molecule has 0 aliphatic heterocycles. The summed E-state index contributed by atoms with van der Waals surface area (Å²) in [6.07, 6.45) is 1.47. The van der Waals surface area contributed by atoms with Gasteiger partial charge < -0.3 is 8.83 Å². The van der Waals surface area contributed by atoms with E-state index in [2.05, 4.69) is 15.5 Å². The molecule has 1 amide bonds. The van der Waals surface area contributed by atoms with Crippen molar-refractivity contribution in [3.63, 3.8) is 0 Å². The second kappa shape index (κ2) is 8.73. The standard InChI is InChI=1S/C21H17FN4O5S/c1-26(13-17-3-2-12-30-17)32(28,29)18-10-6-14(7-11-18)19(27)23-21-25-24-20(31-21)15-4-8-16(22)9-5-15/h2-12H,13H2,1H3,(H,23,25,27). The van der Waals surface area contributed by atoms with Gasteiger partial charge in [0.2, 0.25) is 15.9 Å². The van der Waals surface area contributed by atoms with Gasteiger partial charge in [0, 0.05) is 18.2 Å². The topological polar surface area (TPSA) is 119 Å². The Hall–Kier alpha value is -3.83. The SMILES string of the molecule is CN(Cc1ccco1)S(=O)(=O)c1ccc(C(=O)Nc2nnc(-c3ccc(F)cc3)o2)cc1. The molecule has 0 spiro atoms. The maximum absolute atomic E-state index is 13.0. The van der Waals surface area contributed by atoms with E-state index in [0.717, 1.165) is 4.31 Å². The van der Waals surface area contributed by atoms with Crippen LogP contribution in [0.15, 0.2) is 80.7 Å². The van der Waals surface area contributed by atoms with E-state index in [1.807, 2.05) is 0 Å². The predicted octanol–water partition coefficient (Wildman–Crippen LogP) is 3.54. The number of nitrogens with one attached hydrogen (secondary N) is 1. The Morgan fingerprint density at radius 3 is 2.44 bits per heavy atom. The predicted molar refractivity (Wildman–Crippen MR) is 111 cm³/mol. The molecule has 164 valence electrons. The van der Waals surface area contributed by atoms with Gasteiger partial charge in [0.1, 0.15) is 11.6 Å². The number of aromatic nitrogens is 2. The Morgan fingerprint density at radius 1 is 1.06 bits per heavy atom. The molecule has 0 fully saturated rings. The molecule has 4 aromatic rings. The lowest BCUT2D eigenvalue weighted by molar-refractivity contribution is 0.102. The molecular weight excluding hydrogens is 439 g/mol. The quantitative estimate of drug-likeness (QED) is 0.452. The number of hydrogen-bond donors (Lipinski definition) is 1. The number of rotatable bonds is 7. The fourth-order valence-electron chi connectivity index (χ4n) is 2.82. The first-order valence-corrected chi connectivity index (χ1v) is 10.8. The van der Waals surface area contributed by atoms with Gasteiger partial charge in [0.15, 0.2) is 0 Å². The number of hydrogen-bond acceptors (Lipinski definition) is 7. The van der Waals surface area contributed by atoms with Crippen LogP contribution in [0.1, 0.15) is 16.1 Å². The van der Waals surface area contributed by atoms with Crippen molar-refractivity contribution in [2.24, 2.45) is 0 Å². The lowest BCUT2D eigenvalue weighted by Gasteiger charge is -2.16. The van der Waals surface area contributed by atoms with Crippen LogP contribution < -0.4 is 5.32 Å². The highest BCUT2D eigenvalue weighted by molar-refractivity contribution is 7.89. The van der Waals surface area contributed by atoms with E-state index in [-0.39, 0.29) is 28.9 Å². The summed E-state index contributed by atoms with van der Waals surface area (Å²) < 4.78 is 50.2. The van der Waals surface area contributed by atoms with Gasteiger partial charge in [-0.05, 0) is 60.7 Å². The number of anilines is 1. The Morgan fingerprint density at radius 2 is 1.78 bits per heavy atom. The molecule has 0 bridgehead atoms. The maximum atomic E-state index is 13.0. The van der Waals surface area contributed by atoms with E-state index < -0.39 is 21.7 Å². The third kappa shape index (κ3) is 4.58. The van der Waals surface area contributed by atoms with Crippen molar-refractivity contribution in [2.75, 3.05) is 12.4 Å². The zero-order valence-corrected chi connectivity index (χ0v) is 17.5. The fraction of sp³-hybridized carbons (Fsp3) is 0.0952. The zero-order chi connectivity index (χ0) is 22.7. The summed E-state index contributed by atoms with van der Waals surface area (Å²) in [6, 6.07) is 14.1. The minimum Gasteiger partial charge on any atom is -0.468 e. The molecule has 32 heavy (non-hydrogen) atoms. The molecule has 11 heteroatoms. The normalized spacial score (nSPS) is 11.6. The molecule has 9 nitrogen and oxygen atoms in total. The molecule has 0 saturated carbocycles. The first-order chi connectivity index (χ1) is 15.3. The first-order valence-electron chi connectivity index (χ1n) is 9.32. The largest absolute Gasteiger partial charge is 0.468 e. The van der Waals surface area contributed by atoms with Crippen LogP contribution in [-0.2, 0) is 16.6 Å². The third-order valence-corrected chi connectivity index (χ3v) is 6.34. The summed E-state index contributed by atoms with van der Waals surface area (Å²) >= 11 is 0. The number of amides is 1. The highest BCUT2D eigenvalue weighted by Gasteiger charge is 2.22. The van der Waals surface area contributed by atoms with Gasteiger partial charge in [-0.2, -0.15) is 4.31 Å². The number of benzene rings is 2. The summed E-state index contributed by atoms with van der Waals surface area (Å²) in [7, 11) is -2.34.